The van der Waals surface area contributed by atoms with Gasteiger partial charge in [0.2, 0.25) is 0 Å². The van der Waals surface area contributed by atoms with E-state index in [4.69, 9.17) is 5.11 Å². The van der Waals surface area contributed by atoms with Crippen LogP contribution in [0.15, 0.2) is 18.3 Å². The van der Waals surface area contributed by atoms with Crippen LogP contribution in [0.5, 0.6) is 0 Å². The molecule has 5 nitrogen and oxygen atoms in total. The molecule has 0 unspecified atom stereocenters. The van der Waals surface area contributed by atoms with Crippen LogP contribution in [0.4, 0.5) is 13.2 Å². The van der Waals surface area contributed by atoms with Crippen LogP contribution < -0.4 is 0 Å². The number of hydrogen-bond donors (Lipinski definition) is 1. The van der Waals surface area contributed by atoms with E-state index < -0.39 is 29.3 Å². The molecule has 0 aliphatic carbocycles. The van der Waals surface area contributed by atoms with Gasteiger partial charge in [0.1, 0.15) is 0 Å². The van der Waals surface area contributed by atoms with Crippen molar-refractivity contribution in [3.8, 4) is 0 Å². The third-order valence-corrected chi connectivity index (χ3v) is 3.67. The summed E-state index contributed by atoms with van der Waals surface area (Å²) in [6, 6.07) is 2.40. The number of carbonyl (C=O) groups is 2. The molecule has 22 heavy (non-hydrogen) atoms. The van der Waals surface area contributed by atoms with Crippen molar-refractivity contribution in [2.24, 2.45) is 5.92 Å². The number of pyridine rings is 1. The smallest absolute Gasteiger partial charge is 0.434 e. The van der Waals surface area contributed by atoms with E-state index in [1.807, 2.05) is 0 Å². The summed E-state index contributed by atoms with van der Waals surface area (Å²) in [6.45, 7) is 0.506. The molecule has 1 fully saturated rings. The SMILES string of the molecule is O=C(O)CC1CCN(C(=O)c2cccnc2C(F)(F)F)CC1. The second kappa shape index (κ2) is 6.33. The zero-order valence-electron chi connectivity index (χ0n) is 11.6. The first-order valence-corrected chi connectivity index (χ1v) is 6.82. The fraction of sp³-hybridized carbons (Fsp3) is 0.500. The van der Waals surface area contributed by atoms with E-state index >= 15 is 0 Å². The molecular weight excluding hydrogens is 301 g/mol. The maximum atomic E-state index is 12.9. The minimum absolute atomic E-state index is 0.0166. The number of hydrogen-bond acceptors (Lipinski definition) is 3. The molecule has 1 aromatic rings. The average Bonchev–Trinajstić information content (AvgIpc) is 2.46. The normalized spacial score (nSPS) is 16.6. The Kier molecular flexibility index (Phi) is 4.68. The third kappa shape index (κ3) is 3.75. The van der Waals surface area contributed by atoms with Crippen LogP contribution >= 0.6 is 0 Å². The van der Waals surface area contributed by atoms with Crippen LogP contribution in [0.2, 0.25) is 0 Å². The van der Waals surface area contributed by atoms with E-state index in [2.05, 4.69) is 4.98 Å². The summed E-state index contributed by atoms with van der Waals surface area (Å²) in [7, 11) is 0. The van der Waals surface area contributed by atoms with Crippen molar-refractivity contribution in [3.05, 3.63) is 29.6 Å². The molecule has 120 valence electrons. The molecule has 0 saturated carbocycles. The minimum Gasteiger partial charge on any atom is -0.481 e. The molecule has 0 bridgehead atoms. The van der Waals surface area contributed by atoms with Crippen molar-refractivity contribution in [2.75, 3.05) is 13.1 Å². The highest BCUT2D eigenvalue weighted by molar-refractivity contribution is 5.95. The third-order valence-electron chi connectivity index (χ3n) is 3.67. The van der Waals surface area contributed by atoms with Crippen LogP contribution in [0.1, 0.15) is 35.3 Å². The lowest BCUT2D eigenvalue weighted by atomic mass is 9.93. The number of likely N-dealkylation sites (tertiary alicyclic amines) is 1. The van der Waals surface area contributed by atoms with Crippen molar-refractivity contribution >= 4 is 11.9 Å². The molecule has 1 aliphatic heterocycles. The number of carboxylic acid groups (broad SMARTS) is 1. The molecule has 1 N–H and O–H groups in total. The van der Waals surface area contributed by atoms with Crippen molar-refractivity contribution in [1.82, 2.24) is 9.88 Å². The molecule has 2 heterocycles. The molecule has 1 aromatic heterocycles. The summed E-state index contributed by atoms with van der Waals surface area (Å²) in [6.07, 6.45) is -2.73. The lowest BCUT2D eigenvalue weighted by Crippen LogP contribution is -2.39. The molecular formula is C14H15F3N2O3. The summed E-state index contributed by atoms with van der Waals surface area (Å²) in [4.78, 5) is 27.5. The van der Waals surface area contributed by atoms with Gasteiger partial charge in [0.25, 0.3) is 5.91 Å². The first kappa shape index (κ1) is 16.3. The largest absolute Gasteiger partial charge is 0.481 e. The molecule has 0 aromatic carbocycles. The van der Waals surface area contributed by atoms with Crippen LogP contribution in [0.3, 0.4) is 0 Å². The number of rotatable bonds is 3. The standard InChI is InChI=1S/C14H15F3N2O3/c15-14(16,17)12-10(2-1-5-18-12)13(22)19-6-3-9(4-7-19)8-11(20)21/h1-2,5,9H,3-4,6-8H2,(H,20,21). The fourth-order valence-electron chi connectivity index (χ4n) is 2.56. The zero-order chi connectivity index (χ0) is 16.3. The molecule has 0 atom stereocenters. The highest BCUT2D eigenvalue weighted by Gasteiger charge is 2.38. The van der Waals surface area contributed by atoms with Crippen molar-refractivity contribution in [1.29, 1.82) is 0 Å². The minimum atomic E-state index is -4.69. The fourth-order valence-corrected chi connectivity index (χ4v) is 2.56. The Bertz CT molecular complexity index is 567. The quantitative estimate of drug-likeness (QED) is 0.930. The number of aliphatic carboxylic acids is 1. The number of aromatic nitrogens is 1. The second-order valence-corrected chi connectivity index (χ2v) is 5.23. The van der Waals surface area contributed by atoms with Crippen molar-refractivity contribution in [3.63, 3.8) is 0 Å². The summed E-state index contributed by atoms with van der Waals surface area (Å²) in [5, 5.41) is 8.73. The van der Waals surface area contributed by atoms with Crippen LogP contribution in [0.25, 0.3) is 0 Å². The first-order valence-electron chi connectivity index (χ1n) is 6.82. The molecule has 1 amide bonds. The maximum Gasteiger partial charge on any atom is 0.434 e. The number of amides is 1. The predicted molar refractivity (Wildman–Crippen MR) is 70.1 cm³/mol. The maximum absolute atomic E-state index is 12.9. The van der Waals surface area contributed by atoms with E-state index in [0.717, 1.165) is 12.3 Å². The number of piperidine rings is 1. The van der Waals surface area contributed by atoms with Gasteiger partial charge in [0.05, 0.1) is 5.56 Å². The van der Waals surface area contributed by atoms with Crippen molar-refractivity contribution < 1.29 is 27.9 Å². The molecule has 0 radical (unpaired) electrons. The van der Waals surface area contributed by atoms with Crippen molar-refractivity contribution in [2.45, 2.75) is 25.4 Å². The first-order chi connectivity index (χ1) is 10.3. The zero-order valence-corrected chi connectivity index (χ0v) is 11.6. The molecule has 1 saturated heterocycles. The van der Waals surface area contributed by atoms with Crippen LogP contribution in [-0.4, -0.2) is 40.0 Å². The van der Waals surface area contributed by atoms with Gasteiger partial charge >= 0.3 is 12.1 Å². The summed E-state index contributed by atoms with van der Waals surface area (Å²) in [5.74, 6) is -1.66. The highest BCUT2D eigenvalue weighted by atomic mass is 19.4. The highest BCUT2D eigenvalue weighted by Crippen LogP contribution is 2.31. The summed E-state index contributed by atoms with van der Waals surface area (Å²) in [5.41, 5.74) is -1.65. The van der Waals surface area contributed by atoms with Crippen LogP contribution in [-0.2, 0) is 11.0 Å². The Morgan fingerprint density at radius 1 is 1.32 bits per heavy atom. The second-order valence-electron chi connectivity index (χ2n) is 5.23. The predicted octanol–water partition coefficient (Wildman–Crippen LogP) is 2.43. The lowest BCUT2D eigenvalue weighted by Gasteiger charge is -2.31. The molecule has 0 spiro atoms. The number of carbonyl (C=O) groups excluding carboxylic acids is 1. The van der Waals surface area contributed by atoms with Gasteiger partial charge in [-0.1, -0.05) is 0 Å². The Morgan fingerprint density at radius 2 is 1.95 bits per heavy atom. The van der Waals surface area contributed by atoms with E-state index in [-0.39, 0.29) is 25.4 Å². The van der Waals surface area contributed by atoms with Gasteiger partial charge in [-0.3, -0.25) is 14.6 Å². The van der Waals surface area contributed by atoms with E-state index in [1.54, 1.807) is 0 Å². The number of halogens is 3. The monoisotopic (exact) mass is 316 g/mol. The number of alkyl halides is 3. The Balaban J connectivity index is 2.09. The lowest BCUT2D eigenvalue weighted by molar-refractivity contribution is -0.142. The Morgan fingerprint density at radius 3 is 2.50 bits per heavy atom. The Labute approximate surface area is 124 Å². The number of nitrogens with zero attached hydrogens (tertiary/aromatic N) is 2. The van der Waals surface area contributed by atoms with Gasteiger partial charge in [-0.05, 0) is 30.9 Å². The summed E-state index contributed by atoms with van der Waals surface area (Å²) < 4.78 is 38.6. The van der Waals surface area contributed by atoms with Gasteiger partial charge in [0.15, 0.2) is 5.69 Å². The van der Waals surface area contributed by atoms with E-state index in [0.29, 0.717) is 12.8 Å². The summed E-state index contributed by atoms with van der Waals surface area (Å²) >= 11 is 0. The average molecular weight is 316 g/mol. The van der Waals surface area contributed by atoms with Crippen LogP contribution in [0, 0.1) is 5.92 Å². The van der Waals surface area contributed by atoms with Gasteiger partial charge in [-0.15, -0.1) is 0 Å². The molecule has 1 aliphatic rings. The van der Waals surface area contributed by atoms with E-state index in [9.17, 15) is 22.8 Å². The molecule has 2 rings (SSSR count). The number of carboxylic acids is 1. The van der Waals surface area contributed by atoms with Gasteiger partial charge in [-0.25, -0.2) is 0 Å². The van der Waals surface area contributed by atoms with E-state index in [1.165, 1.54) is 11.0 Å². The van der Waals surface area contributed by atoms with Gasteiger partial charge in [-0.2, -0.15) is 13.2 Å². The Hall–Kier alpha value is -2.12. The molecule has 8 heteroatoms. The topological polar surface area (TPSA) is 70.5 Å². The van der Waals surface area contributed by atoms with Gasteiger partial charge in [0, 0.05) is 25.7 Å². The van der Waals surface area contributed by atoms with Gasteiger partial charge < -0.3 is 10.0 Å².